The second-order valence-electron chi connectivity index (χ2n) is 7.63. The highest BCUT2D eigenvalue weighted by atomic mass is 16.1. The van der Waals surface area contributed by atoms with Gasteiger partial charge in [0.25, 0.3) is 11.5 Å². The molecule has 3 rings (SSSR count). The summed E-state index contributed by atoms with van der Waals surface area (Å²) in [7, 11) is 0. The minimum Gasteiger partial charge on any atom is -0.382 e. The number of carbonyl (C=O) groups is 1. The molecule has 1 aromatic heterocycles. The third kappa shape index (κ3) is 4.65. The lowest BCUT2D eigenvalue weighted by molar-refractivity contribution is 0.0950. The summed E-state index contributed by atoms with van der Waals surface area (Å²) in [5.41, 5.74) is 4.50. The zero-order valence-electron chi connectivity index (χ0n) is 17.0. The molecule has 0 saturated heterocycles. The first kappa shape index (κ1) is 20.6. The summed E-state index contributed by atoms with van der Waals surface area (Å²) in [4.78, 5) is 27.9. The molecule has 1 amide bonds. The van der Waals surface area contributed by atoms with Gasteiger partial charge in [-0.25, -0.2) is 0 Å². The quantitative estimate of drug-likeness (QED) is 0.538. The Labute approximate surface area is 171 Å². The van der Waals surface area contributed by atoms with Crippen molar-refractivity contribution in [2.24, 2.45) is 0 Å². The molecule has 29 heavy (non-hydrogen) atoms. The molecule has 6 nitrogen and oxygen atoms in total. The number of nitrogens with one attached hydrogen (secondary N) is 4. The van der Waals surface area contributed by atoms with Crippen molar-refractivity contribution in [3.8, 4) is 0 Å². The Bertz CT molecular complexity index is 1000. The van der Waals surface area contributed by atoms with Gasteiger partial charge in [0.2, 0.25) is 0 Å². The summed E-state index contributed by atoms with van der Waals surface area (Å²) in [5, 5.41) is 14.2. The smallest absolute Gasteiger partial charge is 0.253 e. The van der Waals surface area contributed by atoms with E-state index in [0.29, 0.717) is 22.7 Å². The highest BCUT2D eigenvalue weighted by Crippen LogP contribution is 2.27. The van der Waals surface area contributed by atoms with Crippen LogP contribution in [0.2, 0.25) is 0 Å². The van der Waals surface area contributed by atoms with Crippen LogP contribution in [0.5, 0.6) is 0 Å². The number of pyridine rings is 1. The van der Waals surface area contributed by atoms with Gasteiger partial charge in [-0.3, -0.25) is 9.59 Å². The average molecular weight is 393 g/mol. The number of hydrogen-bond acceptors (Lipinski definition) is 4. The minimum absolute atomic E-state index is 0.126. The van der Waals surface area contributed by atoms with Gasteiger partial charge < -0.3 is 21.0 Å². The number of aromatic amines is 1. The van der Waals surface area contributed by atoms with Gasteiger partial charge in [0.05, 0.1) is 5.56 Å². The van der Waals surface area contributed by atoms with E-state index >= 15 is 0 Å². The summed E-state index contributed by atoms with van der Waals surface area (Å²) in [5.74, 6) is -0.318. The number of carbonyl (C=O) groups excluding carboxylic acids is 1. The van der Waals surface area contributed by atoms with Crippen molar-refractivity contribution in [2.75, 3.05) is 5.32 Å². The van der Waals surface area contributed by atoms with Gasteiger partial charge in [0.15, 0.2) is 0 Å². The van der Waals surface area contributed by atoms with Crippen LogP contribution in [-0.2, 0) is 6.54 Å². The van der Waals surface area contributed by atoms with Gasteiger partial charge in [-0.1, -0.05) is 25.5 Å². The number of amides is 1. The highest BCUT2D eigenvalue weighted by Gasteiger charge is 2.20. The summed E-state index contributed by atoms with van der Waals surface area (Å²) in [6.07, 6.45) is 7.47. The molecule has 2 aromatic rings. The molecule has 0 aliphatic heterocycles. The Hall–Kier alpha value is -3.15. The van der Waals surface area contributed by atoms with E-state index in [-0.39, 0.29) is 18.0 Å². The number of benzene rings is 1. The maximum absolute atomic E-state index is 13.0. The lowest BCUT2D eigenvalue weighted by atomic mass is 10.00. The molecule has 0 spiro atoms. The molecule has 1 aliphatic carbocycles. The predicted molar refractivity (Wildman–Crippen MR) is 118 cm³/mol. The number of aryl methyl sites for hydroxylation is 2. The van der Waals surface area contributed by atoms with Gasteiger partial charge >= 0.3 is 0 Å². The molecule has 1 aliphatic rings. The normalized spacial score (nSPS) is 13.9. The fraction of sp³-hybridized carbons (Fsp3) is 0.348. The van der Waals surface area contributed by atoms with Gasteiger partial charge in [0, 0.05) is 41.3 Å². The molecule has 0 unspecified atom stereocenters. The molecule has 0 radical (unpaired) electrons. The fourth-order valence-corrected chi connectivity index (χ4v) is 3.91. The third-order valence-electron chi connectivity index (χ3n) is 5.46. The number of rotatable bonds is 7. The van der Waals surface area contributed by atoms with E-state index in [2.05, 4.69) is 22.2 Å². The zero-order valence-corrected chi connectivity index (χ0v) is 17.0. The Morgan fingerprint density at radius 1 is 1.28 bits per heavy atom. The van der Waals surface area contributed by atoms with Gasteiger partial charge in [-0.15, -0.1) is 0 Å². The first-order valence-electron chi connectivity index (χ1n) is 9.98. The van der Waals surface area contributed by atoms with E-state index in [1.807, 2.05) is 26.0 Å². The van der Waals surface area contributed by atoms with E-state index in [4.69, 9.17) is 5.41 Å². The van der Waals surface area contributed by atoms with E-state index in [1.165, 1.54) is 19.1 Å². The summed E-state index contributed by atoms with van der Waals surface area (Å²) in [6.45, 7) is 7.63. The first-order valence-corrected chi connectivity index (χ1v) is 9.98. The van der Waals surface area contributed by atoms with Gasteiger partial charge in [-0.2, -0.15) is 0 Å². The van der Waals surface area contributed by atoms with Crippen LogP contribution in [0, 0.1) is 19.3 Å². The van der Waals surface area contributed by atoms with Crippen LogP contribution in [0.1, 0.15) is 64.0 Å². The number of aromatic nitrogens is 1. The topological polar surface area (TPSA) is 97.8 Å². The SMILES string of the molecule is C=Cc1cc(NC2CCCC2)c(C=N)c(C(=O)NCc2c(C)cc(C)[nH]c2=O)c1. The minimum atomic E-state index is -0.318. The Kier molecular flexibility index (Phi) is 6.32. The van der Waals surface area contributed by atoms with Crippen molar-refractivity contribution < 1.29 is 4.79 Å². The molecular weight excluding hydrogens is 364 g/mol. The monoisotopic (exact) mass is 392 g/mol. The molecule has 0 bridgehead atoms. The standard InChI is InChI=1S/C23H28N4O2/c1-4-16-10-18(19(12-24)21(11-16)27-17-7-5-6-8-17)22(28)25-13-20-14(2)9-15(3)26-23(20)29/h4,9-12,17,24,27H,1,5-8,13H2,2-3H3,(H,25,28)(H,26,29). The predicted octanol–water partition coefficient (Wildman–Crippen LogP) is 3.92. The number of H-pyrrole nitrogens is 1. The van der Waals surface area contributed by atoms with Crippen LogP contribution in [0.25, 0.3) is 6.08 Å². The van der Waals surface area contributed by atoms with Crippen LogP contribution >= 0.6 is 0 Å². The highest BCUT2D eigenvalue weighted by molar-refractivity contribution is 6.05. The Balaban J connectivity index is 1.88. The maximum atomic E-state index is 13.0. The van der Waals surface area contributed by atoms with E-state index < -0.39 is 0 Å². The summed E-state index contributed by atoms with van der Waals surface area (Å²) in [6, 6.07) is 5.90. The van der Waals surface area contributed by atoms with Crippen molar-refractivity contribution in [1.82, 2.24) is 10.3 Å². The van der Waals surface area contributed by atoms with Crippen LogP contribution < -0.4 is 16.2 Å². The lowest BCUT2D eigenvalue weighted by Crippen LogP contribution is -2.29. The van der Waals surface area contributed by atoms with Crippen molar-refractivity contribution in [3.05, 3.63) is 68.6 Å². The molecule has 6 heteroatoms. The Morgan fingerprint density at radius 3 is 2.62 bits per heavy atom. The van der Waals surface area contributed by atoms with Crippen molar-refractivity contribution in [3.63, 3.8) is 0 Å². The number of hydrogen-bond donors (Lipinski definition) is 4. The molecule has 1 fully saturated rings. The van der Waals surface area contributed by atoms with Gasteiger partial charge in [-0.05, 0) is 56.0 Å². The van der Waals surface area contributed by atoms with Crippen molar-refractivity contribution >= 4 is 23.9 Å². The molecule has 0 atom stereocenters. The zero-order chi connectivity index (χ0) is 21.0. The summed E-state index contributed by atoms with van der Waals surface area (Å²) < 4.78 is 0. The second kappa shape index (κ2) is 8.90. The van der Waals surface area contributed by atoms with Crippen LogP contribution in [0.4, 0.5) is 5.69 Å². The van der Waals surface area contributed by atoms with E-state index in [0.717, 1.165) is 35.3 Å². The molecule has 1 saturated carbocycles. The maximum Gasteiger partial charge on any atom is 0.253 e. The molecule has 152 valence electrons. The lowest BCUT2D eigenvalue weighted by Gasteiger charge is -2.19. The van der Waals surface area contributed by atoms with Crippen molar-refractivity contribution in [1.29, 1.82) is 5.41 Å². The largest absolute Gasteiger partial charge is 0.382 e. The fourth-order valence-electron chi connectivity index (χ4n) is 3.91. The van der Waals surface area contributed by atoms with Crippen LogP contribution in [-0.4, -0.2) is 23.1 Å². The van der Waals surface area contributed by atoms with Crippen LogP contribution in [0.3, 0.4) is 0 Å². The van der Waals surface area contributed by atoms with E-state index in [9.17, 15) is 9.59 Å². The second-order valence-corrected chi connectivity index (χ2v) is 7.63. The van der Waals surface area contributed by atoms with Crippen LogP contribution in [0.15, 0.2) is 29.6 Å². The number of anilines is 1. The summed E-state index contributed by atoms with van der Waals surface area (Å²) >= 11 is 0. The molecule has 1 heterocycles. The molecule has 1 aromatic carbocycles. The average Bonchev–Trinajstić information content (AvgIpc) is 3.19. The van der Waals surface area contributed by atoms with Gasteiger partial charge in [0.1, 0.15) is 0 Å². The van der Waals surface area contributed by atoms with E-state index in [1.54, 1.807) is 12.1 Å². The Morgan fingerprint density at radius 2 is 2.00 bits per heavy atom. The molecule has 4 N–H and O–H groups in total. The third-order valence-corrected chi connectivity index (χ3v) is 5.46. The molecular formula is C23H28N4O2. The first-order chi connectivity index (χ1) is 13.9. The van der Waals surface area contributed by atoms with Crippen molar-refractivity contribution in [2.45, 2.75) is 52.1 Å².